The van der Waals surface area contributed by atoms with Crippen LogP contribution >= 0.6 is 0 Å². The largest absolute Gasteiger partial charge is 0.395 e. The molecule has 0 atom stereocenters. The summed E-state index contributed by atoms with van der Waals surface area (Å²) < 4.78 is 14.4. The second kappa shape index (κ2) is 8.41. The molecular formula is C21H22FN5O. The molecule has 0 amide bonds. The zero-order valence-electron chi connectivity index (χ0n) is 15.5. The summed E-state index contributed by atoms with van der Waals surface area (Å²) in [5.41, 5.74) is 1.86. The normalized spacial score (nSPS) is 15.0. The highest BCUT2D eigenvalue weighted by molar-refractivity contribution is 5.68. The summed E-state index contributed by atoms with van der Waals surface area (Å²) in [4.78, 5) is 17.8. The second-order valence-electron chi connectivity index (χ2n) is 6.70. The van der Waals surface area contributed by atoms with Crippen molar-refractivity contribution in [3.8, 4) is 22.6 Å². The number of benzene rings is 1. The van der Waals surface area contributed by atoms with Crippen molar-refractivity contribution in [2.75, 3.05) is 44.2 Å². The van der Waals surface area contributed by atoms with E-state index in [4.69, 9.17) is 10.1 Å². The van der Waals surface area contributed by atoms with Gasteiger partial charge >= 0.3 is 0 Å². The monoisotopic (exact) mass is 379 g/mol. The van der Waals surface area contributed by atoms with E-state index in [0.717, 1.165) is 37.6 Å². The van der Waals surface area contributed by atoms with Gasteiger partial charge in [-0.1, -0.05) is 12.1 Å². The van der Waals surface area contributed by atoms with E-state index in [0.29, 0.717) is 23.6 Å². The lowest BCUT2D eigenvalue weighted by atomic mass is 10.1. The van der Waals surface area contributed by atoms with Crippen molar-refractivity contribution in [1.82, 2.24) is 19.9 Å². The Morgan fingerprint density at radius 1 is 0.964 bits per heavy atom. The van der Waals surface area contributed by atoms with Gasteiger partial charge in [-0.25, -0.2) is 14.4 Å². The van der Waals surface area contributed by atoms with Gasteiger partial charge in [0.15, 0.2) is 5.82 Å². The zero-order chi connectivity index (χ0) is 19.3. The highest BCUT2D eigenvalue weighted by Gasteiger charge is 2.20. The van der Waals surface area contributed by atoms with E-state index in [-0.39, 0.29) is 12.4 Å². The summed E-state index contributed by atoms with van der Waals surface area (Å²) in [5, 5.41) is 9.14. The fraction of sp³-hybridized carbons (Fsp3) is 0.286. The molecule has 1 aliphatic heterocycles. The highest BCUT2D eigenvalue weighted by atomic mass is 19.1. The predicted octanol–water partition coefficient (Wildman–Crippen LogP) is 2.46. The molecule has 1 N–H and O–H groups in total. The van der Waals surface area contributed by atoms with E-state index in [1.54, 1.807) is 30.6 Å². The van der Waals surface area contributed by atoms with Crippen LogP contribution in [-0.4, -0.2) is 64.3 Å². The van der Waals surface area contributed by atoms with Crippen molar-refractivity contribution < 1.29 is 9.50 Å². The third-order valence-corrected chi connectivity index (χ3v) is 4.91. The van der Waals surface area contributed by atoms with Gasteiger partial charge in [-0.3, -0.25) is 9.88 Å². The molecule has 0 unspecified atom stereocenters. The standard InChI is InChI=1S/C21H22FN5O/c22-18-4-2-1-3-17(18)19-15-20(27-11-9-26(10-12-27)13-14-28)25-21(24-19)16-5-7-23-8-6-16/h1-8,15,28H,9-14H2. The molecule has 6 nitrogen and oxygen atoms in total. The molecule has 0 spiro atoms. The Labute approximate surface area is 163 Å². The number of aliphatic hydroxyl groups excluding tert-OH is 1. The number of hydrogen-bond donors (Lipinski definition) is 1. The van der Waals surface area contributed by atoms with Crippen LogP contribution in [0.4, 0.5) is 10.2 Å². The van der Waals surface area contributed by atoms with Crippen molar-refractivity contribution in [2.45, 2.75) is 0 Å². The molecule has 28 heavy (non-hydrogen) atoms. The molecule has 7 heteroatoms. The van der Waals surface area contributed by atoms with E-state index >= 15 is 0 Å². The Morgan fingerprint density at radius 2 is 1.71 bits per heavy atom. The molecule has 3 aromatic rings. The predicted molar refractivity (Wildman–Crippen MR) is 106 cm³/mol. The number of halogens is 1. The molecule has 1 saturated heterocycles. The van der Waals surface area contributed by atoms with Gasteiger partial charge in [-0.05, 0) is 24.3 Å². The minimum atomic E-state index is -0.305. The first-order valence-corrected chi connectivity index (χ1v) is 9.37. The molecule has 144 valence electrons. The van der Waals surface area contributed by atoms with E-state index in [2.05, 4.69) is 19.8 Å². The minimum absolute atomic E-state index is 0.164. The van der Waals surface area contributed by atoms with Crippen molar-refractivity contribution in [3.05, 3.63) is 60.7 Å². The van der Waals surface area contributed by atoms with Gasteiger partial charge in [0.1, 0.15) is 11.6 Å². The molecular weight excluding hydrogens is 357 g/mol. The van der Waals surface area contributed by atoms with E-state index in [9.17, 15) is 4.39 Å². The third-order valence-electron chi connectivity index (χ3n) is 4.91. The van der Waals surface area contributed by atoms with Gasteiger partial charge in [-0.2, -0.15) is 0 Å². The third kappa shape index (κ3) is 4.00. The first kappa shape index (κ1) is 18.5. The van der Waals surface area contributed by atoms with Crippen molar-refractivity contribution >= 4 is 5.82 Å². The van der Waals surface area contributed by atoms with Crippen LogP contribution in [0.2, 0.25) is 0 Å². The van der Waals surface area contributed by atoms with Crippen LogP contribution in [0.5, 0.6) is 0 Å². The molecule has 0 radical (unpaired) electrons. The number of hydrogen-bond acceptors (Lipinski definition) is 6. The number of nitrogens with zero attached hydrogens (tertiary/aromatic N) is 5. The Morgan fingerprint density at radius 3 is 2.43 bits per heavy atom. The molecule has 1 aromatic carbocycles. The topological polar surface area (TPSA) is 65.4 Å². The van der Waals surface area contributed by atoms with Gasteiger partial charge in [-0.15, -0.1) is 0 Å². The maximum Gasteiger partial charge on any atom is 0.162 e. The van der Waals surface area contributed by atoms with Gasteiger partial charge in [0.2, 0.25) is 0 Å². The molecule has 1 aliphatic rings. The van der Waals surface area contributed by atoms with E-state index < -0.39 is 0 Å². The number of piperazine rings is 1. The quantitative estimate of drug-likeness (QED) is 0.735. The number of anilines is 1. The number of β-amino-alcohol motifs (C(OH)–C–C–N with tert-alkyl or cyclic N) is 1. The average Bonchev–Trinajstić information content (AvgIpc) is 2.75. The summed E-state index contributed by atoms with van der Waals surface area (Å²) in [6, 6.07) is 12.2. The maximum atomic E-state index is 14.4. The molecule has 3 heterocycles. The second-order valence-corrected chi connectivity index (χ2v) is 6.70. The van der Waals surface area contributed by atoms with Gasteiger partial charge < -0.3 is 10.0 Å². The first-order chi connectivity index (χ1) is 13.7. The molecule has 2 aromatic heterocycles. The lowest BCUT2D eigenvalue weighted by Crippen LogP contribution is -2.47. The highest BCUT2D eigenvalue weighted by Crippen LogP contribution is 2.28. The molecule has 0 aliphatic carbocycles. The van der Waals surface area contributed by atoms with E-state index in [1.807, 2.05) is 18.2 Å². The Bertz CT molecular complexity index is 929. The maximum absolute atomic E-state index is 14.4. The van der Waals surface area contributed by atoms with Crippen molar-refractivity contribution in [1.29, 1.82) is 0 Å². The summed E-state index contributed by atoms with van der Waals surface area (Å²) in [5.74, 6) is 1.03. The number of aliphatic hydroxyl groups is 1. The Kier molecular flexibility index (Phi) is 5.55. The lowest BCUT2D eigenvalue weighted by Gasteiger charge is -2.35. The van der Waals surface area contributed by atoms with Crippen LogP contribution in [0.25, 0.3) is 22.6 Å². The Balaban J connectivity index is 1.72. The molecule has 4 rings (SSSR count). The fourth-order valence-corrected chi connectivity index (χ4v) is 3.38. The summed E-state index contributed by atoms with van der Waals surface area (Å²) in [6.45, 7) is 4.14. The van der Waals surface area contributed by atoms with Gasteiger partial charge in [0.25, 0.3) is 0 Å². The number of pyridine rings is 1. The van der Waals surface area contributed by atoms with Crippen molar-refractivity contribution in [3.63, 3.8) is 0 Å². The Hall–Kier alpha value is -2.90. The van der Waals surface area contributed by atoms with Crippen LogP contribution in [-0.2, 0) is 0 Å². The number of rotatable bonds is 5. The average molecular weight is 379 g/mol. The summed E-state index contributed by atoms with van der Waals surface area (Å²) in [7, 11) is 0. The van der Waals surface area contributed by atoms with E-state index in [1.165, 1.54) is 6.07 Å². The SMILES string of the molecule is OCCN1CCN(c2cc(-c3ccccc3F)nc(-c3ccncc3)n2)CC1. The van der Waals surface area contributed by atoms with Crippen LogP contribution in [0, 0.1) is 5.82 Å². The summed E-state index contributed by atoms with van der Waals surface area (Å²) in [6.07, 6.45) is 3.39. The molecule has 0 saturated carbocycles. The first-order valence-electron chi connectivity index (χ1n) is 9.37. The lowest BCUT2D eigenvalue weighted by molar-refractivity contribution is 0.188. The smallest absolute Gasteiger partial charge is 0.162 e. The van der Waals surface area contributed by atoms with Gasteiger partial charge in [0, 0.05) is 62.3 Å². The van der Waals surface area contributed by atoms with Crippen LogP contribution < -0.4 is 4.90 Å². The number of aromatic nitrogens is 3. The minimum Gasteiger partial charge on any atom is -0.395 e. The zero-order valence-corrected chi connectivity index (χ0v) is 15.5. The summed E-state index contributed by atoms with van der Waals surface area (Å²) >= 11 is 0. The van der Waals surface area contributed by atoms with Gasteiger partial charge in [0.05, 0.1) is 12.3 Å². The van der Waals surface area contributed by atoms with Crippen molar-refractivity contribution in [2.24, 2.45) is 0 Å². The van der Waals surface area contributed by atoms with Crippen LogP contribution in [0.3, 0.4) is 0 Å². The fourth-order valence-electron chi connectivity index (χ4n) is 3.38. The molecule has 0 bridgehead atoms. The van der Waals surface area contributed by atoms with Crippen LogP contribution in [0.15, 0.2) is 54.9 Å². The van der Waals surface area contributed by atoms with Crippen LogP contribution in [0.1, 0.15) is 0 Å². The molecule has 1 fully saturated rings.